The van der Waals surface area contributed by atoms with Gasteiger partial charge >= 0.3 is 0 Å². The molecule has 0 amide bonds. The van der Waals surface area contributed by atoms with Crippen molar-refractivity contribution in [2.24, 2.45) is 0 Å². The molecule has 3 heteroatoms. The third-order valence-electron chi connectivity index (χ3n) is 2.70. The van der Waals surface area contributed by atoms with Gasteiger partial charge in [0, 0.05) is 27.3 Å². The third-order valence-corrected chi connectivity index (χ3v) is 4.27. The zero-order chi connectivity index (χ0) is 12.8. The Balaban J connectivity index is 1.84. The standard InChI is InChI=1S/C15H15ClOS/c16-15-8-6-14(7-9-15)12-18(17)11-10-13-4-2-1-3-5-13/h1-9H,10-12H2. The van der Waals surface area contributed by atoms with Crippen molar-refractivity contribution in [1.29, 1.82) is 0 Å². The fourth-order valence-corrected chi connectivity index (χ4v) is 3.01. The van der Waals surface area contributed by atoms with Crippen LogP contribution in [0.2, 0.25) is 5.02 Å². The van der Waals surface area contributed by atoms with E-state index >= 15 is 0 Å². The van der Waals surface area contributed by atoms with Gasteiger partial charge in [0.25, 0.3) is 0 Å². The number of benzene rings is 2. The van der Waals surface area contributed by atoms with Crippen LogP contribution in [0, 0.1) is 0 Å². The summed E-state index contributed by atoms with van der Waals surface area (Å²) in [6.07, 6.45) is 0.862. The number of halogens is 1. The fourth-order valence-electron chi connectivity index (χ4n) is 1.72. The molecule has 2 rings (SSSR count). The van der Waals surface area contributed by atoms with E-state index in [-0.39, 0.29) is 0 Å². The molecule has 0 aliphatic carbocycles. The SMILES string of the molecule is O=S(CCc1ccccc1)Cc1ccc(Cl)cc1. The van der Waals surface area contributed by atoms with Gasteiger partial charge in [-0.1, -0.05) is 54.1 Å². The largest absolute Gasteiger partial charge is 0.259 e. The lowest BCUT2D eigenvalue weighted by molar-refractivity contribution is 0.682. The number of hydrogen-bond donors (Lipinski definition) is 0. The van der Waals surface area contributed by atoms with Crippen molar-refractivity contribution in [3.05, 3.63) is 70.7 Å². The maximum Gasteiger partial charge on any atom is 0.0485 e. The zero-order valence-corrected chi connectivity index (χ0v) is 11.6. The molecule has 1 nitrogen and oxygen atoms in total. The van der Waals surface area contributed by atoms with Gasteiger partial charge in [-0.05, 0) is 29.7 Å². The Labute approximate surface area is 115 Å². The molecule has 0 aliphatic rings. The highest BCUT2D eigenvalue weighted by Crippen LogP contribution is 2.11. The van der Waals surface area contributed by atoms with Gasteiger partial charge in [-0.2, -0.15) is 0 Å². The molecule has 0 saturated heterocycles. The topological polar surface area (TPSA) is 17.1 Å². The van der Waals surface area contributed by atoms with E-state index in [4.69, 9.17) is 11.6 Å². The Morgan fingerprint density at radius 1 is 0.889 bits per heavy atom. The summed E-state index contributed by atoms with van der Waals surface area (Å²) in [7, 11) is -0.821. The molecule has 0 aliphatic heterocycles. The highest BCUT2D eigenvalue weighted by atomic mass is 35.5. The molecular formula is C15H15ClOS. The van der Waals surface area contributed by atoms with Gasteiger partial charge in [0.1, 0.15) is 0 Å². The van der Waals surface area contributed by atoms with Crippen molar-refractivity contribution >= 4 is 22.4 Å². The van der Waals surface area contributed by atoms with Crippen LogP contribution in [0.5, 0.6) is 0 Å². The molecule has 0 fully saturated rings. The van der Waals surface area contributed by atoms with Crippen LogP contribution < -0.4 is 0 Å². The van der Waals surface area contributed by atoms with Crippen molar-refractivity contribution in [1.82, 2.24) is 0 Å². The first kappa shape index (κ1) is 13.3. The van der Waals surface area contributed by atoms with E-state index in [2.05, 4.69) is 12.1 Å². The van der Waals surface area contributed by atoms with E-state index in [0.29, 0.717) is 16.5 Å². The van der Waals surface area contributed by atoms with E-state index in [1.54, 1.807) is 0 Å². The van der Waals surface area contributed by atoms with E-state index < -0.39 is 10.8 Å². The summed E-state index contributed by atoms with van der Waals surface area (Å²) in [5.74, 6) is 1.30. The monoisotopic (exact) mass is 278 g/mol. The van der Waals surface area contributed by atoms with Crippen LogP contribution in [0.4, 0.5) is 0 Å². The Kier molecular flexibility index (Phi) is 4.97. The zero-order valence-electron chi connectivity index (χ0n) is 10.0. The molecule has 94 valence electrons. The molecule has 1 atom stereocenters. The number of hydrogen-bond acceptors (Lipinski definition) is 1. The van der Waals surface area contributed by atoms with Crippen LogP contribution in [0.15, 0.2) is 54.6 Å². The second-order valence-corrected chi connectivity index (χ2v) is 6.16. The second kappa shape index (κ2) is 6.72. The normalized spacial score (nSPS) is 12.3. The van der Waals surface area contributed by atoms with E-state index in [1.807, 2.05) is 42.5 Å². The first-order valence-corrected chi connectivity index (χ1v) is 7.74. The summed E-state index contributed by atoms with van der Waals surface area (Å²) < 4.78 is 11.9. The molecule has 0 bridgehead atoms. The van der Waals surface area contributed by atoms with Crippen LogP contribution in [0.25, 0.3) is 0 Å². The van der Waals surface area contributed by atoms with Crippen molar-refractivity contribution < 1.29 is 4.21 Å². The summed E-state index contributed by atoms with van der Waals surface area (Å²) in [4.78, 5) is 0. The van der Waals surface area contributed by atoms with Gasteiger partial charge in [-0.15, -0.1) is 0 Å². The minimum atomic E-state index is -0.821. The molecule has 18 heavy (non-hydrogen) atoms. The first-order valence-electron chi connectivity index (χ1n) is 5.87. The molecule has 1 unspecified atom stereocenters. The molecule has 0 heterocycles. The summed E-state index contributed by atoms with van der Waals surface area (Å²) in [6, 6.07) is 17.7. The number of rotatable bonds is 5. The van der Waals surface area contributed by atoms with Crippen molar-refractivity contribution in [3.8, 4) is 0 Å². The van der Waals surface area contributed by atoms with Crippen LogP contribution in [-0.4, -0.2) is 9.96 Å². The van der Waals surface area contributed by atoms with Crippen molar-refractivity contribution in [3.63, 3.8) is 0 Å². The van der Waals surface area contributed by atoms with Crippen LogP contribution in [0.1, 0.15) is 11.1 Å². The second-order valence-electron chi connectivity index (χ2n) is 4.15. The first-order chi connectivity index (χ1) is 8.74. The van der Waals surface area contributed by atoms with Crippen LogP contribution in [-0.2, 0) is 23.0 Å². The van der Waals surface area contributed by atoms with Gasteiger partial charge in [-0.3, -0.25) is 4.21 Å². The highest BCUT2D eigenvalue weighted by molar-refractivity contribution is 7.84. The lowest BCUT2D eigenvalue weighted by Gasteiger charge is -2.03. The molecule has 2 aromatic carbocycles. The molecule has 0 radical (unpaired) electrons. The Hall–Kier alpha value is -1.12. The predicted octanol–water partition coefficient (Wildman–Crippen LogP) is 3.83. The van der Waals surface area contributed by atoms with Gasteiger partial charge in [0.2, 0.25) is 0 Å². The molecule has 0 N–H and O–H groups in total. The average Bonchev–Trinajstić information content (AvgIpc) is 2.40. The van der Waals surface area contributed by atoms with Crippen molar-refractivity contribution in [2.75, 3.05) is 5.75 Å². The minimum Gasteiger partial charge on any atom is -0.259 e. The van der Waals surface area contributed by atoms with Gasteiger partial charge < -0.3 is 0 Å². The van der Waals surface area contributed by atoms with Crippen molar-refractivity contribution in [2.45, 2.75) is 12.2 Å². The minimum absolute atomic E-state index is 0.601. The molecule has 2 aromatic rings. The van der Waals surface area contributed by atoms with Gasteiger partial charge in [0.15, 0.2) is 0 Å². The summed E-state index contributed by atoms with van der Waals surface area (Å²) >= 11 is 5.81. The van der Waals surface area contributed by atoms with Crippen LogP contribution in [0.3, 0.4) is 0 Å². The van der Waals surface area contributed by atoms with E-state index in [1.165, 1.54) is 5.56 Å². The third kappa shape index (κ3) is 4.28. The predicted molar refractivity (Wildman–Crippen MR) is 78.3 cm³/mol. The quantitative estimate of drug-likeness (QED) is 0.812. The molecule has 0 aromatic heterocycles. The summed E-state index contributed by atoms with van der Waals surface area (Å²) in [5.41, 5.74) is 2.31. The molecule has 0 spiro atoms. The fraction of sp³-hybridized carbons (Fsp3) is 0.200. The van der Waals surface area contributed by atoms with E-state index in [9.17, 15) is 4.21 Å². The number of aryl methyl sites for hydroxylation is 1. The maximum absolute atomic E-state index is 11.9. The Morgan fingerprint density at radius 3 is 2.22 bits per heavy atom. The molecule has 0 saturated carbocycles. The molecular weight excluding hydrogens is 264 g/mol. The smallest absolute Gasteiger partial charge is 0.0485 e. The Bertz CT molecular complexity index is 508. The maximum atomic E-state index is 11.9. The van der Waals surface area contributed by atoms with Crippen LogP contribution >= 0.6 is 11.6 Å². The van der Waals surface area contributed by atoms with Gasteiger partial charge in [-0.25, -0.2) is 0 Å². The summed E-state index contributed by atoms with van der Waals surface area (Å²) in [6.45, 7) is 0. The van der Waals surface area contributed by atoms with E-state index in [0.717, 1.165) is 12.0 Å². The Morgan fingerprint density at radius 2 is 1.56 bits per heavy atom. The average molecular weight is 279 g/mol. The summed E-state index contributed by atoms with van der Waals surface area (Å²) in [5, 5.41) is 0.716. The van der Waals surface area contributed by atoms with Gasteiger partial charge in [0.05, 0.1) is 0 Å². The highest BCUT2D eigenvalue weighted by Gasteiger charge is 2.02. The lowest BCUT2D eigenvalue weighted by atomic mass is 10.2. The lowest BCUT2D eigenvalue weighted by Crippen LogP contribution is -2.03.